The molecular weight excluding hydrogens is 252 g/mol. The highest BCUT2D eigenvalue weighted by molar-refractivity contribution is 5.90. The van der Waals surface area contributed by atoms with Gasteiger partial charge in [0.05, 0.1) is 12.1 Å². The highest BCUT2D eigenvalue weighted by Crippen LogP contribution is 2.28. The fourth-order valence-electron chi connectivity index (χ4n) is 2.76. The monoisotopic (exact) mass is 276 g/mol. The molecule has 2 amide bonds. The average Bonchev–Trinajstić information content (AvgIpc) is 2.37. The number of amides is 2. The molecule has 1 aliphatic rings. The van der Waals surface area contributed by atoms with Crippen molar-refractivity contribution < 1.29 is 9.90 Å². The molecule has 0 radical (unpaired) electrons. The van der Waals surface area contributed by atoms with Crippen molar-refractivity contribution in [3.05, 3.63) is 29.3 Å². The Morgan fingerprint density at radius 3 is 2.75 bits per heavy atom. The molecule has 0 unspecified atom stereocenters. The Bertz CT molecular complexity index is 492. The Labute approximate surface area is 120 Å². The normalized spacial score (nSPS) is 14.6. The van der Waals surface area contributed by atoms with E-state index >= 15 is 0 Å². The number of nitrogens with one attached hydrogen (secondary N) is 1. The van der Waals surface area contributed by atoms with E-state index in [4.69, 9.17) is 0 Å². The summed E-state index contributed by atoms with van der Waals surface area (Å²) < 4.78 is 0. The van der Waals surface area contributed by atoms with Crippen LogP contribution in [0.2, 0.25) is 0 Å². The maximum Gasteiger partial charge on any atom is 0.321 e. The van der Waals surface area contributed by atoms with Crippen LogP contribution in [0.4, 0.5) is 10.5 Å². The van der Waals surface area contributed by atoms with E-state index in [1.165, 1.54) is 28.9 Å². The molecule has 0 aliphatic heterocycles. The second kappa shape index (κ2) is 5.83. The maximum absolute atomic E-state index is 12.2. The van der Waals surface area contributed by atoms with Crippen LogP contribution in [0.25, 0.3) is 0 Å². The van der Waals surface area contributed by atoms with Crippen LogP contribution in [0.5, 0.6) is 0 Å². The van der Waals surface area contributed by atoms with Crippen molar-refractivity contribution in [2.75, 3.05) is 18.9 Å². The van der Waals surface area contributed by atoms with Gasteiger partial charge in [0.1, 0.15) is 0 Å². The fraction of sp³-hybridized carbons (Fsp3) is 0.562. The molecule has 2 rings (SSSR count). The summed E-state index contributed by atoms with van der Waals surface area (Å²) in [7, 11) is 1.70. The third kappa shape index (κ3) is 3.73. The van der Waals surface area contributed by atoms with Crippen molar-refractivity contribution in [1.29, 1.82) is 0 Å². The van der Waals surface area contributed by atoms with Crippen molar-refractivity contribution in [1.82, 2.24) is 4.90 Å². The molecule has 110 valence electrons. The molecule has 0 heterocycles. The van der Waals surface area contributed by atoms with E-state index in [-0.39, 0.29) is 6.03 Å². The molecule has 4 nitrogen and oxygen atoms in total. The van der Waals surface area contributed by atoms with Crippen LogP contribution in [0.1, 0.15) is 37.8 Å². The van der Waals surface area contributed by atoms with Gasteiger partial charge in [0, 0.05) is 12.7 Å². The minimum absolute atomic E-state index is 0.175. The lowest BCUT2D eigenvalue weighted by atomic mass is 9.90. The number of hydrogen-bond donors (Lipinski definition) is 2. The van der Waals surface area contributed by atoms with Gasteiger partial charge in [0.2, 0.25) is 0 Å². The summed E-state index contributed by atoms with van der Waals surface area (Å²) in [5, 5.41) is 12.7. The molecule has 1 aromatic carbocycles. The Kier molecular flexibility index (Phi) is 4.33. The van der Waals surface area contributed by atoms with Gasteiger partial charge in [-0.2, -0.15) is 0 Å². The van der Waals surface area contributed by atoms with Gasteiger partial charge in [-0.05, 0) is 56.7 Å². The van der Waals surface area contributed by atoms with Gasteiger partial charge in [-0.3, -0.25) is 0 Å². The summed E-state index contributed by atoms with van der Waals surface area (Å²) in [6.07, 6.45) is 4.53. The number of carbonyl (C=O) groups is 1. The predicted molar refractivity (Wildman–Crippen MR) is 81.0 cm³/mol. The minimum Gasteiger partial charge on any atom is -0.389 e. The average molecular weight is 276 g/mol. The Balaban J connectivity index is 2.08. The summed E-state index contributed by atoms with van der Waals surface area (Å²) in [6.45, 7) is 3.69. The topological polar surface area (TPSA) is 52.6 Å². The molecule has 20 heavy (non-hydrogen) atoms. The van der Waals surface area contributed by atoms with Gasteiger partial charge in [0.25, 0.3) is 0 Å². The van der Waals surface area contributed by atoms with Crippen LogP contribution in [0.3, 0.4) is 0 Å². The summed E-state index contributed by atoms with van der Waals surface area (Å²) in [4.78, 5) is 13.7. The van der Waals surface area contributed by atoms with Crippen LogP contribution in [-0.2, 0) is 12.8 Å². The number of anilines is 1. The maximum atomic E-state index is 12.2. The first-order valence-electron chi connectivity index (χ1n) is 7.22. The number of nitrogens with zero attached hydrogens (tertiary/aromatic N) is 1. The van der Waals surface area contributed by atoms with Crippen LogP contribution in [-0.4, -0.2) is 35.2 Å². The van der Waals surface area contributed by atoms with Gasteiger partial charge in [-0.25, -0.2) is 4.79 Å². The summed E-state index contributed by atoms with van der Waals surface area (Å²) in [6, 6.07) is 5.92. The van der Waals surface area contributed by atoms with Crippen LogP contribution >= 0.6 is 0 Å². The first kappa shape index (κ1) is 14.9. The largest absolute Gasteiger partial charge is 0.389 e. The van der Waals surface area contributed by atoms with Crippen LogP contribution < -0.4 is 5.32 Å². The van der Waals surface area contributed by atoms with Crippen molar-refractivity contribution in [2.45, 2.75) is 45.1 Å². The molecule has 1 aliphatic carbocycles. The number of aryl methyl sites for hydroxylation is 1. The molecule has 0 saturated heterocycles. The Morgan fingerprint density at radius 1 is 1.35 bits per heavy atom. The molecule has 0 aromatic heterocycles. The van der Waals surface area contributed by atoms with E-state index in [9.17, 15) is 9.90 Å². The number of carbonyl (C=O) groups excluding carboxylic acids is 1. The third-order valence-electron chi connectivity index (χ3n) is 3.61. The van der Waals surface area contributed by atoms with Crippen molar-refractivity contribution in [3.63, 3.8) is 0 Å². The second-order valence-electron chi connectivity index (χ2n) is 6.25. The van der Waals surface area contributed by atoms with Gasteiger partial charge in [0.15, 0.2) is 0 Å². The highest BCUT2D eigenvalue weighted by atomic mass is 16.3. The molecule has 0 fully saturated rings. The Hall–Kier alpha value is -1.55. The predicted octanol–water partition coefficient (Wildman–Crippen LogP) is 2.80. The van der Waals surface area contributed by atoms with E-state index in [1.54, 1.807) is 20.9 Å². The molecule has 4 heteroatoms. The minimum atomic E-state index is -0.887. The number of benzene rings is 1. The zero-order valence-electron chi connectivity index (χ0n) is 12.6. The van der Waals surface area contributed by atoms with Crippen molar-refractivity contribution in [2.24, 2.45) is 0 Å². The quantitative estimate of drug-likeness (QED) is 0.892. The number of rotatable bonds is 3. The zero-order chi connectivity index (χ0) is 14.8. The smallest absolute Gasteiger partial charge is 0.321 e. The summed E-state index contributed by atoms with van der Waals surface area (Å²) in [5.74, 6) is 0. The standard InChI is InChI=1S/C16H24N2O2/c1-16(2,20)11-18(3)15(19)17-14-10-6-8-12-7-4-5-9-13(12)14/h6,8,10,20H,4-5,7,9,11H2,1-3H3,(H,17,19). The van der Waals surface area contributed by atoms with Crippen molar-refractivity contribution in [3.8, 4) is 0 Å². The molecule has 1 aromatic rings. The number of hydrogen-bond acceptors (Lipinski definition) is 2. The number of urea groups is 1. The second-order valence-corrected chi connectivity index (χ2v) is 6.25. The molecule has 0 bridgehead atoms. The molecular formula is C16H24N2O2. The summed E-state index contributed by atoms with van der Waals surface area (Å²) >= 11 is 0. The third-order valence-corrected chi connectivity index (χ3v) is 3.61. The van der Waals surface area contributed by atoms with Gasteiger partial charge in [-0.15, -0.1) is 0 Å². The van der Waals surface area contributed by atoms with E-state index in [0.717, 1.165) is 18.5 Å². The van der Waals surface area contributed by atoms with Crippen LogP contribution in [0.15, 0.2) is 18.2 Å². The molecule has 2 N–H and O–H groups in total. The Morgan fingerprint density at radius 2 is 2.05 bits per heavy atom. The van der Waals surface area contributed by atoms with E-state index < -0.39 is 5.60 Å². The van der Waals surface area contributed by atoms with Crippen molar-refractivity contribution >= 4 is 11.7 Å². The van der Waals surface area contributed by atoms with Gasteiger partial charge in [-0.1, -0.05) is 12.1 Å². The first-order valence-corrected chi connectivity index (χ1v) is 7.22. The fourth-order valence-corrected chi connectivity index (χ4v) is 2.76. The number of aliphatic hydroxyl groups is 1. The van der Waals surface area contributed by atoms with E-state index in [1.807, 2.05) is 12.1 Å². The summed E-state index contributed by atoms with van der Waals surface area (Å²) in [5.41, 5.74) is 2.64. The van der Waals surface area contributed by atoms with E-state index in [2.05, 4.69) is 11.4 Å². The first-order chi connectivity index (χ1) is 9.37. The number of fused-ring (bicyclic) bond motifs is 1. The van der Waals surface area contributed by atoms with Gasteiger partial charge >= 0.3 is 6.03 Å². The lowest BCUT2D eigenvalue weighted by Gasteiger charge is -2.27. The highest BCUT2D eigenvalue weighted by Gasteiger charge is 2.20. The SMILES string of the molecule is CN(CC(C)(C)O)C(=O)Nc1cccc2c1CCCC2. The number of likely N-dealkylation sites (N-methyl/N-ethyl adjacent to an activating group) is 1. The lowest BCUT2D eigenvalue weighted by molar-refractivity contribution is 0.0550. The molecule has 0 atom stereocenters. The van der Waals surface area contributed by atoms with Crippen LogP contribution in [0, 0.1) is 0 Å². The van der Waals surface area contributed by atoms with E-state index in [0.29, 0.717) is 6.54 Å². The zero-order valence-corrected chi connectivity index (χ0v) is 12.6. The van der Waals surface area contributed by atoms with Gasteiger partial charge < -0.3 is 15.3 Å². The lowest BCUT2D eigenvalue weighted by Crippen LogP contribution is -2.41. The molecule has 0 spiro atoms. The molecule has 0 saturated carbocycles.